The van der Waals surface area contributed by atoms with Crippen LogP contribution in [0.2, 0.25) is 10.0 Å². The molecule has 0 aliphatic rings. The number of aromatic nitrogens is 2. The first-order chi connectivity index (χ1) is 15.1. The van der Waals surface area contributed by atoms with E-state index in [-0.39, 0.29) is 0 Å². The number of para-hydroxylation sites is 2. The smallest absolute Gasteiger partial charge is 0.161 e. The van der Waals surface area contributed by atoms with E-state index in [1.165, 1.54) is 0 Å². The summed E-state index contributed by atoms with van der Waals surface area (Å²) in [5, 5.41) is 1.24. The molecule has 0 unspecified atom stereocenters. The first-order valence-corrected chi connectivity index (χ1v) is 10.7. The minimum Gasteiger partial charge on any atom is -0.493 e. The van der Waals surface area contributed by atoms with Gasteiger partial charge >= 0.3 is 0 Å². The number of allylic oxidation sites excluding steroid dienone is 1. The quantitative estimate of drug-likeness (QED) is 0.302. The van der Waals surface area contributed by atoms with E-state index < -0.39 is 0 Å². The fraction of sp³-hybridized carbons (Fsp3) is 0.160. The zero-order valence-corrected chi connectivity index (χ0v) is 18.8. The van der Waals surface area contributed by atoms with Crippen LogP contribution in [0.5, 0.6) is 11.5 Å². The summed E-state index contributed by atoms with van der Waals surface area (Å²) >= 11 is 12.5. The molecular formula is C25H22Cl2N2O2. The van der Waals surface area contributed by atoms with Gasteiger partial charge < -0.3 is 14.0 Å². The summed E-state index contributed by atoms with van der Waals surface area (Å²) in [7, 11) is 1.64. The highest BCUT2D eigenvalue weighted by molar-refractivity contribution is 6.35. The Morgan fingerprint density at radius 2 is 1.84 bits per heavy atom. The summed E-state index contributed by atoms with van der Waals surface area (Å²) in [6.07, 6.45) is 4.00. The molecule has 4 nitrogen and oxygen atoms in total. The van der Waals surface area contributed by atoms with E-state index in [1.807, 2.05) is 73.7 Å². The maximum Gasteiger partial charge on any atom is 0.161 e. The van der Waals surface area contributed by atoms with E-state index >= 15 is 0 Å². The molecule has 31 heavy (non-hydrogen) atoms. The molecule has 0 saturated carbocycles. The minimum absolute atomic E-state index is 0.291. The third-order valence-corrected chi connectivity index (χ3v) is 5.57. The fourth-order valence-electron chi connectivity index (χ4n) is 3.47. The molecule has 4 aromatic rings. The molecule has 0 bridgehead atoms. The number of halogens is 2. The number of hydrogen-bond donors (Lipinski definition) is 0. The van der Waals surface area contributed by atoms with Gasteiger partial charge in [-0.15, -0.1) is 0 Å². The van der Waals surface area contributed by atoms with Crippen molar-refractivity contribution in [2.75, 3.05) is 7.11 Å². The number of ether oxygens (including phenoxy) is 2. The van der Waals surface area contributed by atoms with Crippen LogP contribution in [0.3, 0.4) is 0 Å². The van der Waals surface area contributed by atoms with Crippen LogP contribution >= 0.6 is 23.2 Å². The first-order valence-electron chi connectivity index (χ1n) is 9.90. The summed E-state index contributed by atoms with van der Waals surface area (Å²) in [4.78, 5) is 4.79. The zero-order valence-electron chi connectivity index (χ0n) is 17.3. The average molecular weight is 453 g/mol. The standard InChI is InChI=1S/C25H22Cl2N2O2/c1-3-6-17-9-12-23(24(13-17)30-2)31-16-25-28-21-7-4-5-8-22(21)29(25)15-18-10-11-19(26)14-20(18)27/h3-14H,15-16H2,1-2H3/b6-3-. The van der Waals surface area contributed by atoms with Crippen molar-refractivity contribution in [1.29, 1.82) is 0 Å². The van der Waals surface area contributed by atoms with Crippen molar-refractivity contribution in [3.63, 3.8) is 0 Å². The molecule has 0 aliphatic carbocycles. The van der Waals surface area contributed by atoms with Gasteiger partial charge in [-0.05, 0) is 54.4 Å². The van der Waals surface area contributed by atoms with Crippen molar-refractivity contribution in [1.82, 2.24) is 9.55 Å². The maximum absolute atomic E-state index is 6.43. The Bertz CT molecular complexity index is 1250. The SMILES string of the molecule is C/C=C\c1ccc(OCc2nc3ccccc3n2Cc2ccc(Cl)cc2Cl)c(OC)c1. The molecule has 0 fully saturated rings. The van der Waals surface area contributed by atoms with Crippen molar-refractivity contribution in [3.8, 4) is 11.5 Å². The van der Waals surface area contributed by atoms with Crippen LogP contribution in [0.25, 0.3) is 17.1 Å². The lowest BCUT2D eigenvalue weighted by Gasteiger charge is -2.14. The number of rotatable bonds is 7. The highest BCUT2D eigenvalue weighted by Crippen LogP contribution is 2.30. The predicted octanol–water partition coefficient (Wildman–Crippen LogP) is 7.01. The fourth-order valence-corrected chi connectivity index (χ4v) is 3.94. The topological polar surface area (TPSA) is 36.3 Å². The number of imidazole rings is 1. The Kier molecular flexibility index (Phi) is 6.50. The maximum atomic E-state index is 6.43. The van der Waals surface area contributed by atoms with Gasteiger partial charge in [0.2, 0.25) is 0 Å². The minimum atomic E-state index is 0.291. The van der Waals surface area contributed by atoms with Crippen LogP contribution in [0.1, 0.15) is 23.9 Å². The number of methoxy groups -OCH3 is 1. The molecule has 6 heteroatoms. The third kappa shape index (κ3) is 4.71. The second-order valence-corrected chi connectivity index (χ2v) is 7.88. The van der Waals surface area contributed by atoms with E-state index in [9.17, 15) is 0 Å². The molecule has 1 heterocycles. The Morgan fingerprint density at radius 1 is 1.00 bits per heavy atom. The van der Waals surface area contributed by atoms with Gasteiger partial charge in [-0.3, -0.25) is 0 Å². The summed E-state index contributed by atoms with van der Waals surface area (Å²) in [5.74, 6) is 2.14. The zero-order chi connectivity index (χ0) is 21.8. The monoisotopic (exact) mass is 452 g/mol. The molecule has 0 atom stereocenters. The van der Waals surface area contributed by atoms with Crippen LogP contribution in [-0.4, -0.2) is 16.7 Å². The molecule has 0 amide bonds. The lowest BCUT2D eigenvalue weighted by Crippen LogP contribution is -2.09. The third-order valence-electron chi connectivity index (χ3n) is 4.98. The largest absolute Gasteiger partial charge is 0.493 e. The number of nitrogens with zero attached hydrogens (tertiary/aromatic N) is 2. The predicted molar refractivity (Wildman–Crippen MR) is 127 cm³/mol. The second kappa shape index (κ2) is 9.46. The molecule has 4 rings (SSSR count). The molecule has 0 spiro atoms. The van der Waals surface area contributed by atoms with E-state index in [4.69, 9.17) is 37.7 Å². The van der Waals surface area contributed by atoms with Crippen molar-refractivity contribution in [2.45, 2.75) is 20.1 Å². The highest BCUT2D eigenvalue weighted by Gasteiger charge is 2.14. The molecule has 158 valence electrons. The van der Waals surface area contributed by atoms with Gasteiger partial charge in [-0.1, -0.05) is 59.6 Å². The van der Waals surface area contributed by atoms with E-state index in [1.54, 1.807) is 13.2 Å². The van der Waals surface area contributed by atoms with E-state index in [0.717, 1.165) is 28.0 Å². The molecular weight excluding hydrogens is 431 g/mol. The van der Waals surface area contributed by atoms with Crippen LogP contribution in [0.4, 0.5) is 0 Å². The number of hydrogen-bond acceptors (Lipinski definition) is 3. The molecule has 0 N–H and O–H groups in total. The Balaban J connectivity index is 1.66. The molecule has 0 radical (unpaired) electrons. The van der Waals surface area contributed by atoms with Crippen LogP contribution in [-0.2, 0) is 13.2 Å². The van der Waals surface area contributed by atoms with Gasteiger partial charge in [0.05, 0.1) is 24.7 Å². The average Bonchev–Trinajstić information content (AvgIpc) is 3.12. The van der Waals surface area contributed by atoms with Crippen LogP contribution in [0, 0.1) is 0 Å². The molecule has 1 aromatic heterocycles. The lowest BCUT2D eigenvalue weighted by molar-refractivity contribution is 0.273. The normalized spacial score (nSPS) is 11.4. The molecule has 0 saturated heterocycles. The van der Waals surface area contributed by atoms with Gasteiger partial charge in [-0.25, -0.2) is 4.98 Å². The van der Waals surface area contributed by atoms with Gasteiger partial charge in [-0.2, -0.15) is 0 Å². The van der Waals surface area contributed by atoms with Gasteiger partial charge in [0, 0.05) is 10.0 Å². The van der Waals surface area contributed by atoms with Crippen molar-refractivity contribution >= 4 is 40.3 Å². The van der Waals surface area contributed by atoms with Gasteiger partial charge in [0.15, 0.2) is 11.5 Å². The summed E-state index contributed by atoms with van der Waals surface area (Å²) in [5.41, 5.74) is 3.93. The van der Waals surface area contributed by atoms with E-state index in [2.05, 4.69) is 4.57 Å². The highest BCUT2D eigenvalue weighted by atomic mass is 35.5. The van der Waals surface area contributed by atoms with Crippen LogP contribution in [0.15, 0.2) is 66.7 Å². The number of fused-ring (bicyclic) bond motifs is 1. The van der Waals surface area contributed by atoms with Crippen molar-refractivity contribution in [2.24, 2.45) is 0 Å². The van der Waals surface area contributed by atoms with Crippen molar-refractivity contribution in [3.05, 3.63) is 93.7 Å². The summed E-state index contributed by atoms with van der Waals surface area (Å²) in [6.45, 7) is 2.83. The van der Waals surface area contributed by atoms with E-state index in [0.29, 0.717) is 34.7 Å². The Hall–Kier alpha value is -2.95. The van der Waals surface area contributed by atoms with Gasteiger partial charge in [0.25, 0.3) is 0 Å². The number of benzene rings is 3. The summed E-state index contributed by atoms with van der Waals surface area (Å²) < 4.78 is 13.8. The van der Waals surface area contributed by atoms with Crippen molar-refractivity contribution < 1.29 is 9.47 Å². The lowest BCUT2D eigenvalue weighted by atomic mass is 10.2. The molecule has 3 aromatic carbocycles. The Labute approximate surface area is 191 Å². The second-order valence-electron chi connectivity index (χ2n) is 7.04. The van der Waals surface area contributed by atoms with Gasteiger partial charge in [0.1, 0.15) is 12.4 Å². The molecule has 0 aliphatic heterocycles. The summed E-state index contributed by atoms with van der Waals surface area (Å²) in [6, 6.07) is 19.4. The van der Waals surface area contributed by atoms with Crippen LogP contribution < -0.4 is 9.47 Å². The Morgan fingerprint density at radius 3 is 2.61 bits per heavy atom. The first kappa shape index (κ1) is 21.3.